The number of nitrogen functional groups attached to an aromatic ring is 1. The van der Waals surface area contributed by atoms with Gasteiger partial charge in [0.25, 0.3) is 5.69 Å². The molecule has 98 valence electrons. The van der Waals surface area contributed by atoms with Crippen molar-refractivity contribution in [1.82, 2.24) is 4.90 Å². The van der Waals surface area contributed by atoms with Crippen molar-refractivity contribution >= 4 is 17.3 Å². The summed E-state index contributed by atoms with van der Waals surface area (Å²) in [4.78, 5) is 22.6. The van der Waals surface area contributed by atoms with E-state index in [-0.39, 0.29) is 17.9 Å². The van der Waals surface area contributed by atoms with Crippen molar-refractivity contribution < 1.29 is 9.72 Å². The summed E-state index contributed by atoms with van der Waals surface area (Å²) >= 11 is 0. The predicted molar refractivity (Wildman–Crippen MR) is 66.4 cm³/mol. The van der Waals surface area contributed by atoms with Gasteiger partial charge in [-0.15, -0.1) is 0 Å². The van der Waals surface area contributed by atoms with E-state index in [1.54, 1.807) is 24.1 Å². The predicted octanol–water partition coefficient (Wildman–Crippen LogP) is -0.202. The molecule has 1 aromatic rings. The smallest absolute Gasteiger partial charge is 0.293 e. The van der Waals surface area contributed by atoms with Gasteiger partial charge in [-0.3, -0.25) is 25.7 Å². The number of primary amides is 1. The second-order valence-electron chi connectivity index (χ2n) is 3.89. The number of carbonyl (C=O) groups excluding carboxylic acids is 1. The molecule has 1 amide bonds. The Labute approximate surface area is 104 Å². The van der Waals surface area contributed by atoms with Crippen LogP contribution in [0.1, 0.15) is 5.56 Å². The number of likely N-dealkylation sites (N-methyl/N-ethyl adjacent to an activating group) is 1. The van der Waals surface area contributed by atoms with Crippen LogP contribution in [0.2, 0.25) is 0 Å². The first-order valence-corrected chi connectivity index (χ1v) is 5.15. The first kappa shape index (κ1) is 13.9. The summed E-state index contributed by atoms with van der Waals surface area (Å²) in [6.07, 6.45) is 0. The summed E-state index contributed by atoms with van der Waals surface area (Å²) in [6, 6.07) is 4.54. The zero-order valence-electron chi connectivity index (χ0n) is 9.92. The van der Waals surface area contributed by atoms with Crippen LogP contribution in [0.5, 0.6) is 0 Å². The number of nitrogens with zero attached hydrogens (tertiary/aromatic N) is 2. The lowest BCUT2D eigenvalue weighted by Crippen LogP contribution is -2.30. The number of anilines is 1. The summed E-state index contributed by atoms with van der Waals surface area (Å²) in [5.41, 5.74) is 8.26. The molecular formula is C10H15N5O3. The van der Waals surface area contributed by atoms with Crippen LogP contribution in [-0.2, 0) is 11.3 Å². The van der Waals surface area contributed by atoms with Crippen molar-refractivity contribution in [3.05, 3.63) is 33.9 Å². The molecule has 0 aromatic heterocycles. The molecule has 8 nitrogen and oxygen atoms in total. The Morgan fingerprint density at radius 3 is 2.72 bits per heavy atom. The summed E-state index contributed by atoms with van der Waals surface area (Å²) in [5, 5.41) is 10.7. The first-order valence-electron chi connectivity index (χ1n) is 5.15. The Morgan fingerprint density at radius 2 is 2.22 bits per heavy atom. The molecule has 0 fully saturated rings. The number of hydrazine groups is 1. The molecule has 5 N–H and O–H groups in total. The highest BCUT2D eigenvalue weighted by Gasteiger charge is 2.14. The topological polar surface area (TPSA) is 128 Å². The first-order chi connectivity index (χ1) is 8.43. The van der Waals surface area contributed by atoms with E-state index in [1.807, 2.05) is 0 Å². The second kappa shape index (κ2) is 5.94. The Hall–Kier alpha value is -2.19. The highest BCUT2D eigenvalue weighted by atomic mass is 16.6. The standard InChI is InChI=1S/C10H15N5O3/c1-14(6-10(11)16)5-7-2-3-9(15(17)18)8(4-7)13-12/h2-4,13H,5-6,12H2,1H3,(H2,11,16). The number of amides is 1. The fraction of sp³-hybridized carbons (Fsp3) is 0.300. The van der Waals surface area contributed by atoms with Crippen LogP contribution in [0.15, 0.2) is 18.2 Å². The van der Waals surface area contributed by atoms with E-state index in [9.17, 15) is 14.9 Å². The van der Waals surface area contributed by atoms with E-state index >= 15 is 0 Å². The number of benzene rings is 1. The Bertz CT molecular complexity index is 463. The van der Waals surface area contributed by atoms with Crippen LogP contribution in [0, 0.1) is 10.1 Å². The van der Waals surface area contributed by atoms with E-state index in [4.69, 9.17) is 11.6 Å². The van der Waals surface area contributed by atoms with Crippen molar-refractivity contribution in [2.75, 3.05) is 19.0 Å². The molecule has 0 radical (unpaired) electrons. The zero-order chi connectivity index (χ0) is 13.7. The molecule has 1 aromatic carbocycles. The summed E-state index contributed by atoms with van der Waals surface area (Å²) in [7, 11) is 1.72. The van der Waals surface area contributed by atoms with Crippen molar-refractivity contribution in [2.24, 2.45) is 11.6 Å². The van der Waals surface area contributed by atoms with Crippen molar-refractivity contribution in [3.8, 4) is 0 Å². The average molecular weight is 253 g/mol. The Balaban J connectivity index is 2.85. The van der Waals surface area contributed by atoms with Crippen LogP contribution in [0.3, 0.4) is 0 Å². The second-order valence-corrected chi connectivity index (χ2v) is 3.89. The maximum atomic E-state index is 10.7. The van der Waals surface area contributed by atoms with Crippen molar-refractivity contribution in [3.63, 3.8) is 0 Å². The van der Waals surface area contributed by atoms with Gasteiger partial charge >= 0.3 is 0 Å². The van der Waals surface area contributed by atoms with Crippen LogP contribution >= 0.6 is 0 Å². The lowest BCUT2D eigenvalue weighted by Gasteiger charge is -2.15. The van der Waals surface area contributed by atoms with Gasteiger partial charge in [0.1, 0.15) is 5.69 Å². The normalized spacial score (nSPS) is 10.4. The van der Waals surface area contributed by atoms with Crippen LogP contribution in [-0.4, -0.2) is 29.3 Å². The number of nitro benzene ring substituents is 1. The maximum absolute atomic E-state index is 10.7. The molecule has 0 atom stereocenters. The fourth-order valence-electron chi connectivity index (χ4n) is 1.59. The van der Waals surface area contributed by atoms with Gasteiger partial charge < -0.3 is 11.2 Å². The molecule has 0 aliphatic rings. The van der Waals surface area contributed by atoms with Crippen LogP contribution in [0.25, 0.3) is 0 Å². The summed E-state index contributed by atoms with van der Waals surface area (Å²) < 4.78 is 0. The highest BCUT2D eigenvalue weighted by Crippen LogP contribution is 2.24. The van der Waals surface area contributed by atoms with Gasteiger partial charge in [-0.05, 0) is 18.7 Å². The van der Waals surface area contributed by atoms with E-state index in [2.05, 4.69) is 5.43 Å². The van der Waals surface area contributed by atoms with E-state index in [1.165, 1.54) is 6.07 Å². The van der Waals surface area contributed by atoms with E-state index < -0.39 is 10.8 Å². The third kappa shape index (κ3) is 3.68. The van der Waals surface area contributed by atoms with Gasteiger partial charge in [0.15, 0.2) is 0 Å². The molecule has 0 spiro atoms. The molecular weight excluding hydrogens is 238 g/mol. The molecule has 0 aliphatic carbocycles. The van der Waals surface area contributed by atoms with Crippen molar-refractivity contribution in [2.45, 2.75) is 6.54 Å². The van der Waals surface area contributed by atoms with Crippen LogP contribution in [0.4, 0.5) is 11.4 Å². The molecule has 0 unspecified atom stereocenters. The number of hydrogen-bond donors (Lipinski definition) is 3. The van der Waals surface area contributed by atoms with E-state index in [0.717, 1.165) is 5.56 Å². The van der Waals surface area contributed by atoms with Gasteiger partial charge in [0, 0.05) is 12.6 Å². The number of rotatable bonds is 6. The zero-order valence-corrected chi connectivity index (χ0v) is 9.92. The minimum Gasteiger partial charge on any atom is -0.369 e. The Morgan fingerprint density at radius 1 is 1.56 bits per heavy atom. The number of nitro groups is 1. The molecule has 18 heavy (non-hydrogen) atoms. The summed E-state index contributed by atoms with van der Waals surface area (Å²) in [6.45, 7) is 0.554. The molecule has 1 rings (SSSR count). The van der Waals surface area contributed by atoms with Gasteiger partial charge in [-0.25, -0.2) is 0 Å². The maximum Gasteiger partial charge on any atom is 0.293 e. The van der Waals surface area contributed by atoms with Crippen molar-refractivity contribution in [1.29, 1.82) is 0 Å². The largest absolute Gasteiger partial charge is 0.369 e. The monoisotopic (exact) mass is 253 g/mol. The SMILES string of the molecule is CN(CC(N)=O)Cc1ccc([N+](=O)[O-])c(NN)c1. The molecule has 8 heteroatoms. The Kier molecular flexibility index (Phi) is 4.58. The average Bonchev–Trinajstić information content (AvgIpc) is 2.27. The molecule has 0 saturated carbocycles. The lowest BCUT2D eigenvalue weighted by molar-refractivity contribution is -0.384. The number of nitrogens with two attached hydrogens (primary N) is 2. The van der Waals surface area contributed by atoms with Gasteiger partial charge in [0.2, 0.25) is 5.91 Å². The lowest BCUT2D eigenvalue weighted by atomic mass is 10.1. The number of carbonyl (C=O) groups is 1. The third-order valence-corrected chi connectivity index (χ3v) is 2.29. The minimum atomic E-state index is -0.522. The number of nitrogens with one attached hydrogen (secondary N) is 1. The van der Waals surface area contributed by atoms with Gasteiger partial charge in [-0.1, -0.05) is 6.07 Å². The summed E-state index contributed by atoms with van der Waals surface area (Å²) in [5.74, 6) is 4.79. The quantitative estimate of drug-likeness (QED) is 0.366. The van der Waals surface area contributed by atoms with Gasteiger partial charge in [-0.2, -0.15) is 0 Å². The molecule has 0 heterocycles. The molecule has 0 aliphatic heterocycles. The van der Waals surface area contributed by atoms with Gasteiger partial charge in [0.05, 0.1) is 11.5 Å². The third-order valence-electron chi connectivity index (χ3n) is 2.29. The highest BCUT2D eigenvalue weighted by molar-refractivity contribution is 5.75. The molecule has 0 saturated heterocycles. The minimum absolute atomic E-state index is 0.0983. The molecule has 0 bridgehead atoms. The van der Waals surface area contributed by atoms with E-state index in [0.29, 0.717) is 6.54 Å². The van der Waals surface area contributed by atoms with Crippen LogP contribution < -0.4 is 17.0 Å². The number of hydrogen-bond acceptors (Lipinski definition) is 6. The fourth-order valence-corrected chi connectivity index (χ4v) is 1.59.